The first-order valence-electron chi connectivity index (χ1n) is 11.3. The zero-order chi connectivity index (χ0) is 25.2. The Balaban J connectivity index is 1.94. The van der Waals surface area contributed by atoms with Crippen LogP contribution in [-0.4, -0.2) is 50.5 Å². The van der Waals surface area contributed by atoms with Crippen molar-refractivity contribution in [1.29, 1.82) is 5.41 Å². The molecule has 2 aromatic carbocycles. The summed E-state index contributed by atoms with van der Waals surface area (Å²) in [6, 6.07) is 5.14. The van der Waals surface area contributed by atoms with Crippen LogP contribution in [0.2, 0.25) is 0 Å². The van der Waals surface area contributed by atoms with Gasteiger partial charge >= 0.3 is 0 Å². The highest BCUT2D eigenvalue weighted by molar-refractivity contribution is 6.06. The van der Waals surface area contributed by atoms with Crippen LogP contribution in [0.15, 0.2) is 18.2 Å². The van der Waals surface area contributed by atoms with Gasteiger partial charge in [0.15, 0.2) is 34.6 Å². The minimum absolute atomic E-state index is 0.00395. The third kappa shape index (κ3) is 4.67. The molecule has 0 amide bonds. The summed E-state index contributed by atoms with van der Waals surface area (Å²) in [6.07, 6.45) is 0. The molecule has 0 aromatic heterocycles. The molecule has 0 fully saturated rings. The number of nitrogens with zero attached hydrogens (tertiary/aromatic N) is 1. The monoisotopic (exact) mass is 472 g/mol. The number of methoxy groups -OCH3 is 2. The Labute approximate surface area is 200 Å². The van der Waals surface area contributed by atoms with Gasteiger partial charge in [-0.3, -0.25) is 10.2 Å². The van der Waals surface area contributed by atoms with Gasteiger partial charge in [-0.15, -0.1) is 0 Å². The largest absolute Gasteiger partial charge is 0.493 e. The van der Waals surface area contributed by atoms with Crippen LogP contribution in [0, 0.1) is 11.2 Å². The molecule has 7 nitrogen and oxygen atoms in total. The lowest BCUT2D eigenvalue weighted by Crippen LogP contribution is -2.30. The first-order valence-corrected chi connectivity index (χ1v) is 11.3. The van der Waals surface area contributed by atoms with Crippen molar-refractivity contribution < 1.29 is 28.1 Å². The topological polar surface area (TPSA) is 81.1 Å². The van der Waals surface area contributed by atoms with E-state index in [1.54, 1.807) is 37.1 Å². The van der Waals surface area contributed by atoms with E-state index in [0.29, 0.717) is 35.0 Å². The molecule has 0 spiro atoms. The van der Waals surface area contributed by atoms with Crippen molar-refractivity contribution in [3.63, 3.8) is 0 Å². The minimum atomic E-state index is -0.635. The number of ether oxygens (including phenoxy) is 4. The highest BCUT2D eigenvalue weighted by Gasteiger charge is 2.33. The lowest BCUT2D eigenvalue weighted by atomic mass is 9.84. The normalized spacial score (nSPS) is 13.1. The van der Waals surface area contributed by atoms with Crippen molar-refractivity contribution in [2.75, 3.05) is 34.0 Å². The second-order valence-corrected chi connectivity index (χ2v) is 9.06. The fourth-order valence-corrected chi connectivity index (χ4v) is 4.11. The van der Waals surface area contributed by atoms with Crippen LogP contribution in [-0.2, 0) is 12.0 Å². The van der Waals surface area contributed by atoms with Crippen LogP contribution >= 0.6 is 0 Å². The van der Waals surface area contributed by atoms with Crippen molar-refractivity contribution in [3.05, 3.63) is 46.3 Å². The van der Waals surface area contributed by atoms with Crippen molar-refractivity contribution in [1.82, 2.24) is 4.90 Å². The molecule has 0 radical (unpaired) electrons. The molecule has 0 saturated carbocycles. The van der Waals surface area contributed by atoms with E-state index < -0.39 is 5.82 Å². The standard InChI is InChI=1S/C26H33FN2O5/c1-8-33-20-12-16-13-29(25(28)21(16)22(27)24(20)34-9-2)14-18(30)15-10-17(26(3,4)5)23(32-7)19(11-15)31-6/h10-12,28H,8-9,13-14H2,1-7H3. The fraction of sp³-hybridized carbons (Fsp3) is 0.462. The zero-order valence-corrected chi connectivity index (χ0v) is 20.9. The smallest absolute Gasteiger partial charge is 0.197 e. The molecule has 1 aliphatic heterocycles. The highest BCUT2D eigenvalue weighted by atomic mass is 19.1. The number of carbonyl (C=O) groups excluding carboxylic acids is 1. The quantitative estimate of drug-likeness (QED) is 0.520. The average molecular weight is 473 g/mol. The number of hydrogen-bond acceptors (Lipinski definition) is 6. The Kier molecular flexibility index (Phi) is 7.38. The van der Waals surface area contributed by atoms with Crippen LogP contribution < -0.4 is 18.9 Å². The van der Waals surface area contributed by atoms with Crippen LogP contribution in [0.25, 0.3) is 0 Å². The molecule has 1 N–H and O–H groups in total. The van der Waals surface area contributed by atoms with Gasteiger partial charge in [-0.2, -0.15) is 0 Å². The van der Waals surface area contributed by atoms with Crippen molar-refractivity contribution in [3.8, 4) is 23.0 Å². The molecule has 0 saturated heterocycles. The summed E-state index contributed by atoms with van der Waals surface area (Å²) in [5.74, 6) is 0.449. The number of halogens is 1. The molecule has 0 unspecified atom stereocenters. The second kappa shape index (κ2) is 9.91. The average Bonchev–Trinajstić information content (AvgIpc) is 3.09. The van der Waals surface area contributed by atoms with E-state index in [4.69, 9.17) is 24.4 Å². The van der Waals surface area contributed by atoms with Crippen molar-refractivity contribution >= 4 is 11.6 Å². The zero-order valence-electron chi connectivity index (χ0n) is 20.9. The maximum Gasteiger partial charge on any atom is 0.197 e. The van der Waals surface area contributed by atoms with E-state index in [1.165, 1.54) is 7.11 Å². The van der Waals surface area contributed by atoms with Gasteiger partial charge in [-0.1, -0.05) is 20.8 Å². The molecule has 8 heteroatoms. The van der Waals surface area contributed by atoms with Crippen LogP contribution in [0.4, 0.5) is 4.39 Å². The Morgan fingerprint density at radius 2 is 1.71 bits per heavy atom. The molecule has 1 heterocycles. The molecule has 3 rings (SSSR count). The van der Waals surface area contributed by atoms with Crippen LogP contribution in [0.5, 0.6) is 23.0 Å². The summed E-state index contributed by atoms with van der Waals surface area (Å²) >= 11 is 0. The summed E-state index contributed by atoms with van der Waals surface area (Å²) < 4.78 is 37.4. The molecule has 0 atom stereocenters. The van der Waals surface area contributed by atoms with E-state index >= 15 is 4.39 Å². The molecular weight excluding hydrogens is 439 g/mol. The predicted molar refractivity (Wildman–Crippen MR) is 129 cm³/mol. The Hall–Kier alpha value is -3.29. The number of fused-ring (bicyclic) bond motifs is 1. The number of amidine groups is 1. The molecule has 0 aliphatic carbocycles. The van der Waals surface area contributed by atoms with Crippen molar-refractivity contribution in [2.24, 2.45) is 0 Å². The second-order valence-electron chi connectivity index (χ2n) is 9.06. The summed E-state index contributed by atoms with van der Waals surface area (Å²) in [6.45, 7) is 10.4. The number of hydrogen-bond donors (Lipinski definition) is 1. The SMILES string of the molecule is CCOc1cc2c(c(F)c1OCC)C(=N)N(CC(=O)c1cc(OC)c(OC)c(C(C)(C)C)c1)C2. The number of carbonyl (C=O) groups is 1. The van der Waals surface area contributed by atoms with Gasteiger partial charge in [0.2, 0.25) is 0 Å². The van der Waals surface area contributed by atoms with Gasteiger partial charge in [0.25, 0.3) is 0 Å². The number of ketones is 1. The van der Waals surface area contributed by atoms with Crippen LogP contribution in [0.3, 0.4) is 0 Å². The third-order valence-electron chi connectivity index (χ3n) is 5.72. The van der Waals surface area contributed by atoms with Gasteiger partial charge in [0, 0.05) is 17.7 Å². The third-order valence-corrected chi connectivity index (χ3v) is 5.72. The Morgan fingerprint density at radius 3 is 2.26 bits per heavy atom. The van der Waals surface area contributed by atoms with E-state index in [0.717, 1.165) is 5.56 Å². The maximum absolute atomic E-state index is 15.3. The van der Waals surface area contributed by atoms with Gasteiger partial charge in [-0.25, -0.2) is 4.39 Å². The van der Waals surface area contributed by atoms with Gasteiger partial charge in [0.1, 0.15) is 5.84 Å². The molecule has 0 bridgehead atoms. The van der Waals surface area contributed by atoms with Crippen molar-refractivity contribution in [2.45, 2.75) is 46.6 Å². The Morgan fingerprint density at radius 1 is 1.03 bits per heavy atom. The predicted octanol–water partition coefficient (Wildman–Crippen LogP) is 4.96. The number of Topliss-reactive ketones (excluding diaryl/α,β-unsaturated/α-hetero) is 1. The number of rotatable bonds is 9. The van der Waals surface area contributed by atoms with Gasteiger partial charge in [-0.05, 0) is 43.0 Å². The summed E-state index contributed by atoms with van der Waals surface area (Å²) in [7, 11) is 3.10. The van der Waals surface area contributed by atoms with Crippen LogP contribution in [0.1, 0.15) is 61.7 Å². The molecule has 34 heavy (non-hydrogen) atoms. The van der Waals surface area contributed by atoms with Gasteiger partial charge < -0.3 is 23.8 Å². The highest BCUT2D eigenvalue weighted by Crippen LogP contribution is 2.41. The fourth-order valence-electron chi connectivity index (χ4n) is 4.11. The van der Waals surface area contributed by atoms with E-state index in [9.17, 15) is 4.79 Å². The van der Waals surface area contributed by atoms with E-state index in [-0.39, 0.29) is 48.0 Å². The number of benzene rings is 2. The maximum atomic E-state index is 15.3. The molecule has 184 valence electrons. The minimum Gasteiger partial charge on any atom is -0.493 e. The van der Waals surface area contributed by atoms with Gasteiger partial charge in [0.05, 0.1) is 39.5 Å². The Bertz CT molecular complexity index is 1110. The summed E-state index contributed by atoms with van der Waals surface area (Å²) in [4.78, 5) is 14.8. The lowest BCUT2D eigenvalue weighted by Gasteiger charge is -2.25. The number of nitrogens with one attached hydrogen (secondary N) is 1. The first-order chi connectivity index (χ1) is 16.1. The molecule has 1 aliphatic rings. The van der Waals surface area contributed by atoms with E-state index in [1.807, 2.05) is 27.7 Å². The van der Waals surface area contributed by atoms with E-state index in [2.05, 4.69) is 0 Å². The first kappa shape index (κ1) is 25.3. The summed E-state index contributed by atoms with van der Waals surface area (Å²) in [5.41, 5.74) is 1.72. The molecular formula is C26H33FN2O5. The lowest BCUT2D eigenvalue weighted by molar-refractivity contribution is 0.0962. The summed E-state index contributed by atoms with van der Waals surface area (Å²) in [5, 5.41) is 8.56. The molecule has 2 aromatic rings.